The highest BCUT2D eigenvalue weighted by atomic mass is 32.1. The Bertz CT molecular complexity index is 1030. The summed E-state index contributed by atoms with van der Waals surface area (Å²) in [7, 11) is 0. The van der Waals surface area contributed by atoms with Crippen LogP contribution >= 0.6 is 11.3 Å². The standard InChI is InChI=1S/C21H20N2O4S/c1-13(24)19-7-8-20(28-19)21(26)23-11-9-18(16(25)12-23)27-17-6-2-5-15-14(17)4-3-10-22-15/h2-8,10,16,18,25H,9,11-12H2,1H3/t16-,18-/m1/s1. The third-order valence-corrected chi connectivity index (χ3v) is 6.03. The molecular formula is C21H20N2O4S. The third kappa shape index (κ3) is 3.63. The second-order valence-corrected chi connectivity index (χ2v) is 7.89. The van der Waals surface area contributed by atoms with Crippen molar-refractivity contribution < 1.29 is 19.4 Å². The van der Waals surface area contributed by atoms with Crippen LogP contribution in [0, 0.1) is 0 Å². The minimum absolute atomic E-state index is 0.0548. The Balaban J connectivity index is 1.45. The molecule has 0 bridgehead atoms. The maximum Gasteiger partial charge on any atom is 0.264 e. The van der Waals surface area contributed by atoms with E-state index in [-0.39, 0.29) is 18.2 Å². The molecule has 144 valence electrons. The number of hydrogen-bond acceptors (Lipinski definition) is 6. The normalized spacial score (nSPS) is 19.6. The largest absolute Gasteiger partial charge is 0.487 e. The highest BCUT2D eigenvalue weighted by Gasteiger charge is 2.32. The molecule has 0 radical (unpaired) electrons. The number of aromatic nitrogens is 1. The first-order chi connectivity index (χ1) is 13.5. The van der Waals surface area contributed by atoms with Crippen LogP contribution < -0.4 is 4.74 Å². The van der Waals surface area contributed by atoms with Gasteiger partial charge in [-0.2, -0.15) is 0 Å². The van der Waals surface area contributed by atoms with Crippen LogP contribution in [0.1, 0.15) is 32.7 Å². The van der Waals surface area contributed by atoms with Crippen LogP contribution in [0.25, 0.3) is 10.9 Å². The lowest BCUT2D eigenvalue weighted by molar-refractivity contribution is -0.0191. The molecular weight excluding hydrogens is 376 g/mol. The van der Waals surface area contributed by atoms with E-state index >= 15 is 0 Å². The molecule has 7 heteroatoms. The van der Waals surface area contributed by atoms with Crippen LogP contribution in [0.5, 0.6) is 5.75 Å². The first kappa shape index (κ1) is 18.6. The number of thiophene rings is 1. The van der Waals surface area contributed by atoms with Crippen LogP contribution in [0.4, 0.5) is 0 Å². The van der Waals surface area contributed by atoms with E-state index in [9.17, 15) is 14.7 Å². The number of amides is 1. The summed E-state index contributed by atoms with van der Waals surface area (Å²) >= 11 is 1.19. The fourth-order valence-electron chi connectivity index (χ4n) is 3.37. The van der Waals surface area contributed by atoms with Gasteiger partial charge in [0.15, 0.2) is 5.78 Å². The highest BCUT2D eigenvalue weighted by molar-refractivity contribution is 7.15. The number of β-amino-alcohol motifs (C(OH)–C–C–N with tert-alkyl or cyclic N) is 1. The molecule has 0 aliphatic carbocycles. The first-order valence-electron chi connectivity index (χ1n) is 9.11. The Labute approximate surface area is 166 Å². The molecule has 2 atom stereocenters. The summed E-state index contributed by atoms with van der Waals surface area (Å²) in [6, 6.07) is 12.8. The summed E-state index contributed by atoms with van der Waals surface area (Å²) in [4.78, 5) is 31.1. The van der Waals surface area contributed by atoms with Crippen molar-refractivity contribution in [1.29, 1.82) is 0 Å². The van der Waals surface area contributed by atoms with Gasteiger partial charge in [-0.3, -0.25) is 14.6 Å². The topological polar surface area (TPSA) is 79.7 Å². The van der Waals surface area contributed by atoms with Crippen molar-refractivity contribution in [3.63, 3.8) is 0 Å². The van der Waals surface area contributed by atoms with Gasteiger partial charge in [-0.15, -0.1) is 11.3 Å². The summed E-state index contributed by atoms with van der Waals surface area (Å²) in [5, 5.41) is 11.5. The minimum atomic E-state index is -0.795. The van der Waals surface area contributed by atoms with Crippen LogP contribution in [0.15, 0.2) is 48.7 Å². The predicted octanol–water partition coefficient (Wildman–Crippen LogP) is 3.15. The third-order valence-electron chi connectivity index (χ3n) is 4.86. The number of Topliss-reactive ketones (excluding diaryl/α,β-unsaturated/α-hetero) is 1. The van der Waals surface area contributed by atoms with E-state index < -0.39 is 12.2 Å². The number of benzene rings is 1. The van der Waals surface area contributed by atoms with Gasteiger partial charge in [0.1, 0.15) is 18.0 Å². The van der Waals surface area contributed by atoms with Crippen LogP contribution in [0.3, 0.4) is 0 Å². The lowest BCUT2D eigenvalue weighted by Crippen LogP contribution is -2.50. The van der Waals surface area contributed by atoms with E-state index in [2.05, 4.69) is 4.98 Å². The number of piperidine rings is 1. The maximum atomic E-state index is 12.7. The number of likely N-dealkylation sites (tertiary alicyclic amines) is 1. The number of ketones is 1. The van der Waals surface area contributed by atoms with Crippen molar-refractivity contribution in [3.05, 3.63) is 58.4 Å². The van der Waals surface area contributed by atoms with Gasteiger partial charge in [-0.1, -0.05) is 6.07 Å². The van der Waals surface area contributed by atoms with E-state index in [4.69, 9.17) is 4.74 Å². The zero-order chi connectivity index (χ0) is 19.7. The number of fused-ring (bicyclic) bond motifs is 1. The Morgan fingerprint density at radius 2 is 2.00 bits per heavy atom. The van der Waals surface area contributed by atoms with Crippen molar-refractivity contribution in [2.75, 3.05) is 13.1 Å². The second kappa shape index (κ2) is 7.69. The summed E-state index contributed by atoms with van der Waals surface area (Å²) in [5.74, 6) is 0.462. The van der Waals surface area contributed by atoms with E-state index in [0.29, 0.717) is 28.5 Å². The summed E-state index contributed by atoms with van der Waals surface area (Å²) < 4.78 is 6.08. The lowest BCUT2D eigenvalue weighted by atomic mass is 10.0. The number of carbonyl (C=O) groups excluding carboxylic acids is 2. The Morgan fingerprint density at radius 3 is 2.75 bits per heavy atom. The quantitative estimate of drug-likeness (QED) is 0.686. The Kier molecular flexibility index (Phi) is 5.11. The number of hydrogen-bond donors (Lipinski definition) is 1. The molecule has 1 aliphatic rings. The molecule has 6 nitrogen and oxygen atoms in total. The molecule has 3 aromatic rings. The van der Waals surface area contributed by atoms with Crippen molar-refractivity contribution >= 4 is 33.9 Å². The monoisotopic (exact) mass is 396 g/mol. The molecule has 1 N–H and O–H groups in total. The number of aliphatic hydroxyl groups excluding tert-OH is 1. The van der Waals surface area contributed by atoms with Crippen molar-refractivity contribution in [3.8, 4) is 5.75 Å². The van der Waals surface area contributed by atoms with Gasteiger partial charge in [-0.25, -0.2) is 0 Å². The number of pyridine rings is 1. The molecule has 28 heavy (non-hydrogen) atoms. The van der Waals surface area contributed by atoms with Gasteiger partial charge < -0.3 is 14.7 Å². The van der Waals surface area contributed by atoms with Crippen molar-refractivity contribution in [1.82, 2.24) is 9.88 Å². The smallest absolute Gasteiger partial charge is 0.264 e. The van der Waals surface area contributed by atoms with Crippen molar-refractivity contribution in [2.24, 2.45) is 0 Å². The summed E-state index contributed by atoms with van der Waals surface area (Å²) in [6.45, 7) is 2.16. The molecule has 3 heterocycles. The minimum Gasteiger partial charge on any atom is -0.487 e. The first-order valence-corrected chi connectivity index (χ1v) is 9.93. The van der Waals surface area contributed by atoms with Crippen LogP contribution in [-0.2, 0) is 0 Å². The van der Waals surface area contributed by atoms with Gasteiger partial charge in [-0.05, 0) is 43.3 Å². The molecule has 1 fully saturated rings. The Morgan fingerprint density at radius 1 is 1.18 bits per heavy atom. The average Bonchev–Trinajstić information content (AvgIpc) is 3.20. The van der Waals surface area contributed by atoms with Gasteiger partial charge in [0.25, 0.3) is 5.91 Å². The van der Waals surface area contributed by atoms with Gasteiger partial charge in [0.05, 0.1) is 21.8 Å². The maximum absolute atomic E-state index is 12.7. The molecule has 4 rings (SSSR count). The zero-order valence-corrected chi connectivity index (χ0v) is 16.2. The summed E-state index contributed by atoms with van der Waals surface area (Å²) in [5.41, 5.74) is 0.834. The number of aliphatic hydroxyl groups is 1. The molecule has 2 aromatic heterocycles. The van der Waals surface area contributed by atoms with Gasteiger partial charge >= 0.3 is 0 Å². The van der Waals surface area contributed by atoms with Gasteiger partial charge in [0.2, 0.25) is 0 Å². The highest BCUT2D eigenvalue weighted by Crippen LogP contribution is 2.28. The SMILES string of the molecule is CC(=O)c1ccc(C(=O)N2CC[C@@H](Oc3cccc4ncccc34)[C@H](O)C2)s1. The van der Waals surface area contributed by atoms with Gasteiger partial charge in [0, 0.05) is 24.5 Å². The van der Waals surface area contributed by atoms with E-state index in [1.165, 1.54) is 18.3 Å². The molecule has 1 aromatic carbocycles. The van der Waals surface area contributed by atoms with E-state index in [0.717, 1.165) is 10.9 Å². The van der Waals surface area contributed by atoms with E-state index in [1.807, 2.05) is 30.3 Å². The van der Waals surface area contributed by atoms with Crippen LogP contribution in [-0.4, -0.2) is 52.0 Å². The number of ether oxygens (including phenoxy) is 1. The fraction of sp³-hybridized carbons (Fsp3) is 0.286. The zero-order valence-electron chi connectivity index (χ0n) is 15.4. The number of rotatable bonds is 4. The van der Waals surface area contributed by atoms with E-state index in [1.54, 1.807) is 23.2 Å². The molecule has 0 unspecified atom stereocenters. The molecule has 0 saturated carbocycles. The number of carbonyl (C=O) groups is 2. The number of nitrogens with zero attached hydrogens (tertiary/aromatic N) is 2. The van der Waals surface area contributed by atoms with Crippen LogP contribution in [0.2, 0.25) is 0 Å². The molecule has 1 saturated heterocycles. The predicted molar refractivity (Wildman–Crippen MR) is 107 cm³/mol. The summed E-state index contributed by atoms with van der Waals surface area (Å²) in [6.07, 6.45) is 1.06. The van der Waals surface area contributed by atoms with Crippen molar-refractivity contribution in [2.45, 2.75) is 25.6 Å². The Hall–Kier alpha value is -2.77. The molecule has 1 amide bonds. The molecule has 1 aliphatic heterocycles. The fourth-order valence-corrected chi connectivity index (χ4v) is 4.24. The second-order valence-electron chi connectivity index (χ2n) is 6.81. The average molecular weight is 396 g/mol. The lowest BCUT2D eigenvalue weighted by Gasteiger charge is -2.35. The molecule has 0 spiro atoms.